The first-order chi connectivity index (χ1) is 10.6. The standard InChI is InChI=1S/C15H15N3O4/c19-14(20)8-22-11-3-1-2-10(6-11)16-15(21)13-7-12(17-18-13)9-4-5-9/h1-3,6-7,9H,4-5,8H2,(H,16,21)(H,17,18)(H,19,20). The maximum Gasteiger partial charge on any atom is 0.341 e. The number of nitrogens with zero attached hydrogens (tertiary/aromatic N) is 1. The highest BCUT2D eigenvalue weighted by atomic mass is 16.5. The van der Waals surface area contributed by atoms with Crippen molar-refractivity contribution in [2.75, 3.05) is 11.9 Å². The van der Waals surface area contributed by atoms with E-state index in [2.05, 4.69) is 15.5 Å². The molecule has 0 saturated heterocycles. The molecule has 0 aliphatic heterocycles. The molecule has 2 aromatic rings. The molecule has 1 aromatic carbocycles. The topological polar surface area (TPSA) is 104 Å². The fourth-order valence-corrected chi connectivity index (χ4v) is 2.06. The second-order valence-corrected chi connectivity index (χ2v) is 5.15. The molecule has 1 aliphatic rings. The summed E-state index contributed by atoms with van der Waals surface area (Å²) < 4.78 is 5.07. The van der Waals surface area contributed by atoms with Gasteiger partial charge >= 0.3 is 5.97 Å². The van der Waals surface area contributed by atoms with Crippen molar-refractivity contribution in [3.63, 3.8) is 0 Å². The number of hydrogen-bond donors (Lipinski definition) is 3. The number of amides is 1. The number of ether oxygens (including phenoxy) is 1. The van der Waals surface area contributed by atoms with Crippen LogP contribution in [-0.2, 0) is 4.79 Å². The lowest BCUT2D eigenvalue weighted by molar-refractivity contribution is -0.139. The second-order valence-electron chi connectivity index (χ2n) is 5.15. The van der Waals surface area contributed by atoms with E-state index >= 15 is 0 Å². The van der Waals surface area contributed by atoms with Crippen LogP contribution in [0.15, 0.2) is 30.3 Å². The molecule has 0 bridgehead atoms. The van der Waals surface area contributed by atoms with Crippen molar-refractivity contribution < 1.29 is 19.4 Å². The van der Waals surface area contributed by atoms with Gasteiger partial charge in [-0.15, -0.1) is 0 Å². The van der Waals surface area contributed by atoms with Crippen LogP contribution < -0.4 is 10.1 Å². The Balaban J connectivity index is 1.64. The Labute approximate surface area is 126 Å². The molecule has 3 rings (SSSR count). The molecule has 7 nitrogen and oxygen atoms in total. The van der Waals surface area contributed by atoms with Gasteiger partial charge in [-0.1, -0.05) is 6.07 Å². The van der Waals surface area contributed by atoms with Gasteiger partial charge in [-0.3, -0.25) is 9.89 Å². The number of anilines is 1. The first-order valence-corrected chi connectivity index (χ1v) is 6.93. The monoisotopic (exact) mass is 301 g/mol. The van der Waals surface area contributed by atoms with E-state index in [1.165, 1.54) is 0 Å². The number of carboxylic acids is 1. The minimum absolute atomic E-state index is 0.321. The van der Waals surface area contributed by atoms with Crippen molar-refractivity contribution in [3.05, 3.63) is 41.7 Å². The average molecular weight is 301 g/mol. The van der Waals surface area contributed by atoms with Gasteiger partial charge in [0.2, 0.25) is 0 Å². The SMILES string of the molecule is O=C(O)COc1cccc(NC(=O)c2cc(C3CC3)[nH]n2)c1. The predicted octanol–water partition coefficient (Wildman–Crippen LogP) is 2.00. The number of carbonyl (C=O) groups excluding carboxylic acids is 1. The summed E-state index contributed by atoms with van der Waals surface area (Å²) in [6.07, 6.45) is 2.26. The van der Waals surface area contributed by atoms with E-state index in [4.69, 9.17) is 9.84 Å². The van der Waals surface area contributed by atoms with Crippen LogP contribution in [0.2, 0.25) is 0 Å². The highest BCUT2D eigenvalue weighted by molar-refractivity contribution is 6.03. The summed E-state index contributed by atoms with van der Waals surface area (Å²) in [5.41, 5.74) is 1.84. The third-order valence-corrected chi connectivity index (χ3v) is 3.30. The second kappa shape index (κ2) is 5.88. The van der Waals surface area contributed by atoms with Crippen LogP contribution in [0.5, 0.6) is 5.75 Å². The van der Waals surface area contributed by atoms with Gasteiger partial charge in [0, 0.05) is 23.4 Å². The Morgan fingerprint density at radius 3 is 2.91 bits per heavy atom. The number of nitrogens with one attached hydrogen (secondary N) is 2. The van der Waals surface area contributed by atoms with E-state index in [0.29, 0.717) is 23.0 Å². The van der Waals surface area contributed by atoms with Crippen LogP contribution in [0, 0.1) is 0 Å². The number of carboxylic acid groups (broad SMARTS) is 1. The normalized spacial score (nSPS) is 13.6. The fraction of sp³-hybridized carbons (Fsp3) is 0.267. The Morgan fingerprint density at radius 2 is 2.18 bits per heavy atom. The molecule has 1 heterocycles. The van der Waals surface area contributed by atoms with Gasteiger partial charge in [0.1, 0.15) is 5.75 Å². The van der Waals surface area contributed by atoms with E-state index in [1.807, 2.05) is 0 Å². The number of aromatic nitrogens is 2. The van der Waals surface area contributed by atoms with Crippen LogP contribution in [0.3, 0.4) is 0 Å². The highest BCUT2D eigenvalue weighted by Crippen LogP contribution is 2.39. The minimum atomic E-state index is -1.06. The van der Waals surface area contributed by atoms with Crippen LogP contribution in [0.1, 0.15) is 34.9 Å². The van der Waals surface area contributed by atoms with Crippen LogP contribution in [0.4, 0.5) is 5.69 Å². The Bertz CT molecular complexity index is 706. The van der Waals surface area contributed by atoms with E-state index in [1.54, 1.807) is 30.3 Å². The lowest BCUT2D eigenvalue weighted by Gasteiger charge is -2.06. The molecule has 3 N–H and O–H groups in total. The molecular weight excluding hydrogens is 286 g/mol. The first-order valence-electron chi connectivity index (χ1n) is 6.93. The molecule has 7 heteroatoms. The van der Waals surface area contributed by atoms with Crippen molar-refractivity contribution >= 4 is 17.6 Å². The third kappa shape index (κ3) is 3.43. The van der Waals surface area contributed by atoms with Gasteiger partial charge in [0.25, 0.3) is 5.91 Å². The van der Waals surface area contributed by atoms with Gasteiger partial charge in [0.05, 0.1) is 0 Å². The Kier molecular flexibility index (Phi) is 3.78. The molecule has 0 radical (unpaired) electrons. The zero-order chi connectivity index (χ0) is 15.5. The number of rotatable bonds is 6. The van der Waals surface area contributed by atoms with Crippen LogP contribution in [0.25, 0.3) is 0 Å². The maximum absolute atomic E-state index is 12.1. The molecular formula is C15H15N3O4. The highest BCUT2D eigenvalue weighted by Gasteiger charge is 2.26. The summed E-state index contributed by atoms with van der Waals surface area (Å²) in [5.74, 6) is -0.500. The smallest absolute Gasteiger partial charge is 0.341 e. The number of carbonyl (C=O) groups is 2. The first kappa shape index (κ1) is 14.1. The quantitative estimate of drug-likeness (QED) is 0.757. The molecule has 0 atom stereocenters. The predicted molar refractivity (Wildman–Crippen MR) is 78.1 cm³/mol. The summed E-state index contributed by atoms with van der Waals surface area (Å²) in [5, 5.41) is 18.2. The van der Waals surface area contributed by atoms with E-state index in [9.17, 15) is 9.59 Å². The van der Waals surface area contributed by atoms with Gasteiger partial charge in [-0.2, -0.15) is 5.10 Å². The van der Waals surface area contributed by atoms with Gasteiger partial charge in [-0.25, -0.2) is 4.79 Å². The van der Waals surface area contributed by atoms with Crippen molar-refractivity contribution in [2.45, 2.75) is 18.8 Å². The van der Waals surface area contributed by atoms with Crippen molar-refractivity contribution in [1.29, 1.82) is 0 Å². The minimum Gasteiger partial charge on any atom is -0.482 e. The van der Waals surface area contributed by atoms with Gasteiger partial charge in [0.15, 0.2) is 12.3 Å². The summed E-state index contributed by atoms with van der Waals surface area (Å²) in [6.45, 7) is -0.429. The third-order valence-electron chi connectivity index (χ3n) is 3.30. The molecule has 1 aliphatic carbocycles. The van der Waals surface area contributed by atoms with Crippen LogP contribution >= 0.6 is 0 Å². The lowest BCUT2D eigenvalue weighted by atomic mass is 10.2. The zero-order valence-electron chi connectivity index (χ0n) is 11.7. The molecule has 0 unspecified atom stereocenters. The molecule has 1 amide bonds. The summed E-state index contributed by atoms with van der Waals surface area (Å²) in [4.78, 5) is 22.6. The molecule has 114 valence electrons. The number of H-pyrrole nitrogens is 1. The maximum atomic E-state index is 12.1. The lowest BCUT2D eigenvalue weighted by Crippen LogP contribution is -2.13. The fourth-order valence-electron chi connectivity index (χ4n) is 2.06. The Hall–Kier alpha value is -2.83. The Morgan fingerprint density at radius 1 is 1.36 bits per heavy atom. The van der Waals surface area contributed by atoms with E-state index < -0.39 is 12.6 Å². The number of hydrogen-bond acceptors (Lipinski definition) is 4. The number of benzene rings is 1. The average Bonchev–Trinajstić information content (AvgIpc) is 3.22. The number of aromatic amines is 1. The molecule has 1 fully saturated rings. The molecule has 1 aromatic heterocycles. The van der Waals surface area contributed by atoms with Crippen LogP contribution in [-0.4, -0.2) is 33.8 Å². The summed E-state index contributed by atoms with van der Waals surface area (Å²) in [6, 6.07) is 8.32. The van der Waals surface area contributed by atoms with Gasteiger partial charge < -0.3 is 15.2 Å². The molecule has 0 spiro atoms. The number of aliphatic carboxylic acids is 1. The summed E-state index contributed by atoms with van der Waals surface area (Å²) >= 11 is 0. The molecule has 1 saturated carbocycles. The largest absolute Gasteiger partial charge is 0.482 e. The van der Waals surface area contributed by atoms with E-state index in [0.717, 1.165) is 18.5 Å². The summed E-state index contributed by atoms with van der Waals surface area (Å²) in [7, 11) is 0. The van der Waals surface area contributed by atoms with E-state index in [-0.39, 0.29) is 5.91 Å². The molecule has 22 heavy (non-hydrogen) atoms. The van der Waals surface area contributed by atoms with Crippen molar-refractivity contribution in [1.82, 2.24) is 10.2 Å². The van der Waals surface area contributed by atoms with Crippen molar-refractivity contribution in [3.8, 4) is 5.75 Å². The van der Waals surface area contributed by atoms with Crippen molar-refractivity contribution in [2.24, 2.45) is 0 Å². The zero-order valence-corrected chi connectivity index (χ0v) is 11.7. The van der Waals surface area contributed by atoms with Gasteiger partial charge in [-0.05, 0) is 31.0 Å².